The lowest BCUT2D eigenvalue weighted by molar-refractivity contribution is -0.140. The van der Waals surface area contributed by atoms with Gasteiger partial charge in [-0.15, -0.1) is 0 Å². The van der Waals surface area contributed by atoms with Crippen LogP contribution >= 0.6 is 0 Å². The van der Waals surface area contributed by atoms with Crippen LogP contribution in [0.4, 0.5) is 23.4 Å². The van der Waals surface area contributed by atoms with Crippen molar-refractivity contribution in [2.75, 3.05) is 5.32 Å². The van der Waals surface area contributed by atoms with E-state index in [1.54, 1.807) is 10.6 Å². The number of fused-ring (bicyclic) bond motifs is 1. The highest BCUT2D eigenvalue weighted by atomic mass is 19.4. The van der Waals surface area contributed by atoms with E-state index in [2.05, 4.69) is 20.3 Å². The Balaban J connectivity index is 1.73. The number of imidazole rings is 1. The highest BCUT2D eigenvalue weighted by Gasteiger charge is 2.34. The molecule has 0 spiro atoms. The molecule has 0 bridgehead atoms. The van der Waals surface area contributed by atoms with Crippen LogP contribution in [0.25, 0.3) is 22.6 Å². The molecule has 1 unspecified atom stereocenters. The number of nitrogens with one attached hydrogen (secondary N) is 1. The van der Waals surface area contributed by atoms with E-state index >= 15 is 0 Å². The number of carbonyl (C=O) groups is 1. The quantitative estimate of drug-likeness (QED) is 0.298. The van der Waals surface area contributed by atoms with Crippen molar-refractivity contribution in [1.82, 2.24) is 19.5 Å². The normalized spacial score (nSPS) is 14.6. The van der Waals surface area contributed by atoms with Gasteiger partial charge in [0.15, 0.2) is 11.5 Å². The molecule has 11 heteroatoms. The fraction of sp³-hybridized carbons (Fsp3) is 0.308. The zero-order chi connectivity index (χ0) is 26.5. The highest BCUT2D eigenvalue weighted by molar-refractivity contribution is 5.92. The van der Waals surface area contributed by atoms with Gasteiger partial charge in [0, 0.05) is 18.2 Å². The second-order valence-corrected chi connectivity index (χ2v) is 9.35. The first kappa shape index (κ1) is 24.7. The number of hydrogen-bond donors (Lipinski definition) is 2. The van der Waals surface area contributed by atoms with Crippen LogP contribution in [0.15, 0.2) is 42.5 Å². The van der Waals surface area contributed by atoms with Crippen LogP contribution in [0.3, 0.4) is 0 Å². The van der Waals surface area contributed by atoms with Gasteiger partial charge in [-0.2, -0.15) is 13.2 Å². The fourth-order valence-electron chi connectivity index (χ4n) is 4.39. The van der Waals surface area contributed by atoms with Gasteiger partial charge in [0.25, 0.3) is 0 Å². The number of benzene rings is 2. The van der Waals surface area contributed by atoms with E-state index in [4.69, 9.17) is 0 Å². The van der Waals surface area contributed by atoms with Crippen molar-refractivity contribution in [1.29, 1.82) is 0 Å². The number of carboxylic acid groups (broad SMARTS) is 1. The molecule has 2 N–H and O–H groups in total. The van der Waals surface area contributed by atoms with Gasteiger partial charge in [-0.1, -0.05) is 29.8 Å². The second-order valence-electron chi connectivity index (χ2n) is 9.35. The number of aromatic carboxylic acids is 1. The fourth-order valence-corrected chi connectivity index (χ4v) is 4.39. The third kappa shape index (κ3) is 4.98. The number of alkyl halides is 3. The summed E-state index contributed by atoms with van der Waals surface area (Å²) in [5, 5.41) is 12.9. The summed E-state index contributed by atoms with van der Waals surface area (Å²) >= 11 is 0. The highest BCUT2D eigenvalue weighted by Crippen LogP contribution is 2.36. The van der Waals surface area contributed by atoms with Gasteiger partial charge in [-0.25, -0.2) is 24.1 Å². The Hall–Kier alpha value is -4.02. The molecule has 2 heterocycles. The van der Waals surface area contributed by atoms with E-state index in [0.29, 0.717) is 22.8 Å². The van der Waals surface area contributed by atoms with Gasteiger partial charge in [-0.3, -0.25) is 0 Å². The number of halogens is 4. The van der Waals surface area contributed by atoms with Crippen molar-refractivity contribution in [2.24, 2.45) is 5.92 Å². The Morgan fingerprint density at radius 1 is 1.16 bits per heavy atom. The van der Waals surface area contributed by atoms with Crippen molar-refractivity contribution in [3.63, 3.8) is 0 Å². The first-order valence-electron chi connectivity index (χ1n) is 11.7. The molecule has 1 fully saturated rings. The zero-order valence-corrected chi connectivity index (χ0v) is 20.0. The van der Waals surface area contributed by atoms with Crippen molar-refractivity contribution in [3.8, 4) is 11.4 Å². The predicted molar refractivity (Wildman–Crippen MR) is 129 cm³/mol. The molecule has 7 nitrogen and oxygen atoms in total. The maximum Gasteiger partial charge on any atom is 0.419 e. The van der Waals surface area contributed by atoms with Gasteiger partial charge in [-0.05, 0) is 56.4 Å². The second kappa shape index (κ2) is 9.13. The third-order valence-electron chi connectivity index (χ3n) is 6.44. The van der Waals surface area contributed by atoms with Crippen LogP contribution in [-0.4, -0.2) is 36.6 Å². The molecule has 37 heavy (non-hydrogen) atoms. The van der Waals surface area contributed by atoms with Crippen molar-refractivity contribution in [2.45, 2.75) is 45.5 Å². The van der Waals surface area contributed by atoms with Gasteiger partial charge in [0.2, 0.25) is 5.82 Å². The monoisotopic (exact) mass is 513 g/mol. The Labute approximate surface area is 209 Å². The standard InChI is InChI=1S/C26H23F4N5O2/c1-13-4-3-5-17(10-13)24-34-22-20(21(31-14(2)16-7-8-16)32-23(33-22)25(36)37)35(24)12-15-6-9-19(27)18(11-15)26(28,29)30/h3-6,9-11,14,16H,7-8,12H2,1-2H3,(H,36,37)(H,31,32,33). The third-order valence-corrected chi connectivity index (χ3v) is 6.44. The van der Waals surface area contributed by atoms with Crippen molar-refractivity contribution < 1.29 is 27.5 Å². The smallest absolute Gasteiger partial charge is 0.419 e. The molecule has 0 saturated heterocycles. The SMILES string of the molecule is Cc1cccc(-c2nc3nc(C(=O)O)nc(NC(C)C4CC4)c3n2Cc2ccc(F)c(C(F)(F)F)c2)c1. The minimum atomic E-state index is -4.86. The Morgan fingerprint density at radius 3 is 2.57 bits per heavy atom. The van der Waals surface area contributed by atoms with E-state index in [1.807, 2.05) is 32.0 Å². The first-order chi connectivity index (χ1) is 17.5. The minimum Gasteiger partial charge on any atom is -0.475 e. The number of carboxylic acids is 1. The number of rotatable bonds is 7. The molecule has 1 atom stereocenters. The van der Waals surface area contributed by atoms with Crippen molar-refractivity contribution in [3.05, 3.63) is 70.8 Å². The molecule has 5 rings (SSSR count). The molecule has 2 aromatic carbocycles. The minimum absolute atomic E-state index is 0.0202. The van der Waals surface area contributed by atoms with Crippen molar-refractivity contribution >= 4 is 23.0 Å². The topological polar surface area (TPSA) is 92.9 Å². The molecule has 0 radical (unpaired) electrons. The lowest BCUT2D eigenvalue weighted by Gasteiger charge is -2.17. The van der Waals surface area contributed by atoms with Crippen LogP contribution in [-0.2, 0) is 12.7 Å². The number of nitrogens with zero attached hydrogens (tertiary/aromatic N) is 4. The number of anilines is 1. The summed E-state index contributed by atoms with van der Waals surface area (Å²) in [5.74, 6) is -2.14. The maximum absolute atomic E-state index is 14.0. The average molecular weight is 513 g/mol. The molecule has 0 aliphatic heterocycles. The summed E-state index contributed by atoms with van der Waals surface area (Å²) in [6.45, 7) is 3.74. The lowest BCUT2D eigenvalue weighted by Crippen LogP contribution is -2.20. The molecular formula is C26H23F4N5O2. The first-order valence-corrected chi connectivity index (χ1v) is 11.7. The van der Waals surface area contributed by atoms with Gasteiger partial charge in [0.1, 0.15) is 17.2 Å². The molecule has 2 aromatic heterocycles. The summed E-state index contributed by atoms with van der Waals surface area (Å²) in [5.41, 5.74) is 0.853. The summed E-state index contributed by atoms with van der Waals surface area (Å²) in [7, 11) is 0. The largest absolute Gasteiger partial charge is 0.475 e. The number of hydrogen-bond acceptors (Lipinski definition) is 5. The molecule has 192 valence electrons. The van der Waals surface area contributed by atoms with Crippen LogP contribution in [0.5, 0.6) is 0 Å². The van der Waals surface area contributed by atoms with E-state index in [9.17, 15) is 27.5 Å². The van der Waals surface area contributed by atoms with Crippen LogP contribution in [0.1, 0.15) is 47.1 Å². The molecule has 1 aliphatic rings. The summed E-state index contributed by atoms with van der Waals surface area (Å²) in [6, 6.07) is 10.2. The van der Waals surface area contributed by atoms with Crippen LogP contribution in [0.2, 0.25) is 0 Å². The van der Waals surface area contributed by atoms with Gasteiger partial charge >= 0.3 is 12.1 Å². The molecule has 1 aliphatic carbocycles. The van der Waals surface area contributed by atoms with E-state index < -0.39 is 29.4 Å². The van der Waals surface area contributed by atoms with E-state index in [1.165, 1.54) is 6.07 Å². The Bertz CT molecular complexity index is 1510. The van der Waals surface area contributed by atoms with Gasteiger partial charge in [0.05, 0.1) is 5.56 Å². The summed E-state index contributed by atoms with van der Waals surface area (Å²) < 4.78 is 55.9. The Kier molecular flexibility index (Phi) is 6.09. The maximum atomic E-state index is 14.0. The predicted octanol–water partition coefficient (Wildman–Crippen LogP) is 5.92. The van der Waals surface area contributed by atoms with E-state index in [0.717, 1.165) is 30.5 Å². The molecular weight excluding hydrogens is 490 g/mol. The van der Waals surface area contributed by atoms with E-state index in [-0.39, 0.29) is 29.6 Å². The van der Waals surface area contributed by atoms with Crippen LogP contribution in [0, 0.1) is 18.7 Å². The zero-order valence-electron chi connectivity index (χ0n) is 20.0. The number of aryl methyl sites for hydroxylation is 1. The van der Waals surface area contributed by atoms with Gasteiger partial charge < -0.3 is 15.0 Å². The molecule has 0 amide bonds. The summed E-state index contributed by atoms with van der Waals surface area (Å²) in [4.78, 5) is 24.7. The molecule has 1 saturated carbocycles. The average Bonchev–Trinajstić information content (AvgIpc) is 3.62. The lowest BCUT2D eigenvalue weighted by atomic mass is 10.1. The number of aromatic nitrogens is 4. The molecule has 4 aromatic rings. The Morgan fingerprint density at radius 2 is 1.92 bits per heavy atom. The summed E-state index contributed by atoms with van der Waals surface area (Å²) in [6.07, 6.45) is -2.81. The van der Waals surface area contributed by atoms with Crippen LogP contribution < -0.4 is 5.32 Å².